The van der Waals surface area contributed by atoms with Crippen LogP contribution in [0.25, 0.3) is 10.2 Å². The predicted octanol–water partition coefficient (Wildman–Crippen LogP) is 3.38. The van der Waals surface area contributed by atoms with E-state index in [9.17, 15) is 19.2 Å². The number of rotatable bonds is 5. The number of anilines is 2. The highest BCUT2D eigenvalue weighted by Gasteiger charge is 2.30. The highest BCUT2D eigenvalue weighted by molar-refractivity contribution is 7.22. The highest BCUT2D eigenvalue weighted by atomic mass is 32.1. The van der Waals surface area contributed by atoms with Gasteiger partial charge in [0.1, 0.15) is 0 Å². The average molecular weight is 423 g/mol. The number of carbonyl (C=O) groups excluding carboxylic acids is 4. The van der Waals surface area contributed by atoms with Gasteiger partial charge in [-0.1, -0.05) is 11.3 Å². The first kappa shape index (κ1) is 19.7. The van der Waals surface area contributed by atoms with Crippen molar-refractivity contribution in [2.45, 2.75) is 19.8 Å². The molecular formula is C21H17N3O5S. The molecule has 1 aliphatic rings. The molecule has 1 saturated heterocycles. The number of esters is 1. The van der Waals surface area contributed by atoms with E-state index in [2.05, 4.69) is 10.3 Å². The summed E-state index contributed by atoms with van der Waals surface area (Å²) in [5.74, 6) is -1.26. The number of carbonyl (C=O) groups is 4. The molecule has 1 aliphatic heterocycles. The van der Waals surface area contributed by atoms with Gasteiger partial charge < -0.3 is 4.74 Å². The molecule has 0 radical (unpaired) electrons. The van der Waals surface area contributed by atoms with Crippen molar-refractivity contribution in [1.82, 2.24) is 4.98 Å². The summed E-state index contributed by atoms with van der Waals surface area (Å²) in [6.45, 7) is 2.03. The summed E-state index contributed by atoms with van der Waals surface area (Å²) in [4.78, 5) is 53.6. The maximum atomic E-state index is 12.5. The number of aromatic nitrogens is 1. The highest BCUT2D eigenvalue weighted by Crippen LogP contribution is 2.28. The zero-order valence-corrected chi connectivity index (χ0v) is 16.8. The smallest absolute Gasteiger partial charge is 0.338 e. The fraction of sp³-hybridized carbons (Fsp3) is 0.190. The summed E-state index contributed by atoms with van der Waals surface area (Å²) in [7, 11) is 0. The van der Waals surface area contributed by atoms with Crippen molar-refractivity contribution in [2.75, 3.05) is 16.8 Å². The van der Waals surface area contributed by atoms with E-state index < -0.39 is 5.97 Å². The topological polar surface area (TPSA) is 106 Å². The van der Waals surface area contributed by atoms with E-state index >= 15 is 0 Å². The van der Waals surface area contributed by atoms with Gasteiger partial charge in [0.25, 0.3) is 5.91 Å². The fourth-order valence-electron chi connectivity index (χ4n) is 3.12. The van der Waals surface area contributed by atoms with Crippen molar-refractivity contribution in [3.05, 3.63) is 53.6 Å². The molecule has 3 amide bonds. The lowest BCUT2D eigenvalue weighted by Gasteiger charge is -2.13. The van der Waals surface area contributed by atoms with Crippen LogP contribution in [-0.4, -0.2) is 35.3 Å². The Balaban J connectivity index is 1.49. The third-order valence-corrected chi connectivity index (χ3v) is 5.49. The molecule has 9 heteroatoms. The van der Waals surface area contributed by atoms with Gasteiger partial charge in [-0.3, -0.25) is 24.6 Å². The summed E-state index contributed by atoms with van der Waals surface area (Å²) < 4.78 is 5.74. The number of imide groups is 1. The summed E-state index contributed by atoms with van der Waals surface area (Å²) in [5, 5.41) is 3.13. The Bertz CT molecular complexity index is 1150. The number of hydrogen-bond acceptors (Lipinski definition) is 7. The van der Waals surface area contributed by atoms with Gasteiger partial charge in [0.2, 0.25) is 11.8 Å². The van der Waals surface area contributed by atoms with E-state index in [-0.39, 0.29) is 30.6 Å². The fourth-order valence-corrected chi connectivity index (χ4v) is 4.02. The quantitative estimate of drug-likeness (QED) is 0.498. The Morgan fingerprint density at radius 2 is 1.73 bits per heavy atom. The first-order valence-corrected chi connectivity index (χ1v) is 10.1. The summed E-state index contributed by atoms with van der Waals surface area (Å²) >= 11 is 1.25. The van der Waals surface area contributed by atoms with Crippen LogP contribution >= 0.6 is 11.3 Å². The number of nitrogens with one attached hydrogen (secondary N) is 1. The molecule has 152 valence electrons. The molecule has 1 fully saturated rings. The predicted molar refractivity (Wildman–Crippen MR) is 112 cm³/mol. The lowest BCUT2D eigenvalue weighted by molar-refractivity contribution is -0.121. The molecule has 0 bridgehead atoms. The van der Waals surface area contributed by atoms with E-state index in [0.29, 0.717) is 34.1 Å². The van der Waals surface area contributed by atoms with E-state index in [4.69, 9.17) is 4.74 Å². The first-order chi connectivity index (χ1) is 14.5. The molecule has 2 aromatic carbocycles. The van der Waals surface area contributed by atoms with Crippen LogP contribution in [0.2, 0.25) is 0 Å². The van der Waals surface area contributed by atoms with Gasteiger partial charge in [0.15, 0.2) is 5.13 Å². The largest absolute Gasteiger partial charge is 0.462 e. The molecule has 0 unspecified atom stereocenters. The number of benzene rings is 2. The van der Waals surface area contributed by atoms with Gasteiger partial charge in [-0.25, -0.2) is 9.78 Å². The van der Waals surface area contributed by atoms with Crippen LogP contribution in [0.1, 0.15) is 40.5 Å². The third-order valence-electron chi connectivity index (χ3n) is 4.56. The summed E-state index contributed by atoms with van der Waals surface area (Å²) in [6, 6.07) is 11.3. The van der Waals surface area contributed by atoms with Crippen LogP contribution < -0.4 is 10.2 Å². The van der Waals surface area contributed by atoms with Crippen molar-refractivity contribution in [1.29, 1.82) is 0 Å². The Labute approximate surface area is 175 Å². The molecule has 0 spiro atoms. The van der Waals surface area contributed by atoms with E-state index in [1.54, 1.807) is 49.4 Å². The number of ether oxygens (including phenoxy) is 1. The monoisotopic (exact) mass is 423 g/mol. The molecule has 3 aromatic rings. The van der Waals surface area contributed by atoms with Crippen molar-refractivity contribution in [3.8, 4) is 0 Å². The molecule has 0 atom stereocenters. The molecule has 0 saturated carbocycles. The first-order valence-electron chi connectivity index (χ1n) is 9.31. The lowest BCUT2D eigenvalue weighted by atomic mass is 10.2. The van der Waals surface area contributed by atoms with Crippen LogP contribution in [-0.2, 0) is 14.3 Å². The second-order valence-corrected chi connectivity index (χ2v) is 7.58. The Hall–Kier alpha value is -3.59. The zero-order chi connectivity index (χ0) is 21.3. The van der Waals surface area contributed by atoms with Crippen molar-refractivity contribution in [3.63, 3.8) is 0 Å². The summed E-state index contributed by atoms with van der Waals surface area (Å²) in [6.07, 6.45) is 0.410. The van der Waals surface area contributed by atoms with Crippen molar-refractivity contribution in [2.24, 2.45) is 0 Å². The molecule has 0 aliphatic carbocycles. The van der Waals surface area contributed by atoms with E-state index in [1.165, 1.54) is 11.3 Å². The van der Waals surface area contributed by atoms with Gasteiger partial charge in [-0.15, -0.1) is 0 Å². The lowest BCUT2D eigenvalue weighted by Crippen LogP contribution is -2.28. The maximum Gasteiger partial charge on any atom is 0.338 e. The molecule has 8 nitrogen and oxygen atoms in total. The van der Waals surface area contributed by atoms with Gasteiger partial charge >= 0.3 is 5.97 Å². The third kappa shape index (κ3) is 3.79. The van der Waals surface area contributed by atoms with Crippen LogP contribution in [0.5, 0.6) is 0 Å². The molecule has 2 heterocycles. The molecule has 30 heavy (non-hydrogen) atoms. The van der Waals surface area contributed by atoms with Crippen LogP contribution in [0.4, 0.5) is 10.8 Å². The number of fused-ring (bicyclic) bond motifs is 1. The van der Waals surface area contributed by atoms with Crippen LogP contribution in [0, 0.1) is 0 Å². The zero-order valence-electron chi connectivity index (χ0n) is 16.0. The van der Waals surface area contributed by atoms with E-state index in [0.717, 1.165) is 9.60 Å². The number of amides is 3. The minimum atomic E-state index is -0.409. The van der Waals surface area contributed by atoms with Gasteiger partial charge in [0.05, 0.1) is 28.1 Å². The van der Waals surface area contributed by atoms with Gasteiger partial charge in [-0.2, -0.15) is 0 Å². The Morgan fingerprint density at radius 1 is 1.07 bits per heavy atom. The van der Waals surface area contributed by atoms with Crippen molar-refractivity contribution < 1.29 is 23.9 Å². The van der Waals surface area contributed by atoms with E-state index in [1.807, 2.05) is 0 Å². The average Bonchev–Trinajstić information content (AvgIpc) is 3.29. The number of hydrogen-bond donors (Lipinski definition) is 1. The normalized spacial score (nSPS) is 13.7. The Morgan fingerprint density at radius 3 is 2.40 bits per heavy atom. The molecule has 1 N–H and O–H groups in total. The molecule has 4 rings (SSSR count). The Kier molecular flexibility index (Phi) is 5.28. The van der Waals surface area contributed by atoms with Gasteiger partial charge in [-0.05, 0) is 49.4 Å². The summed E-state index contributed by atoms with van der Waals surface area (Å²) in [5.41, 5.74) is 1.90. The minimum absolute atomic E-state index is 0.205. The number of nitrogens with zero attached hydrogens (tertiary/aromatic N) is 2. The van der Waals surface area contributed by atoms with Crippen molar-refractivity contribution >= 4 is 56.1 Å². The minimum Gasteiger partial charge on any atom is -0.462 e. The second kappa shape index (κ2) is 8.03. The SMILES string of the molecule is CCOC(=O)c1ccc2nc(NC(=O)c3ccc(N4C(=O)CCC4=O)cc3)sc2c1. The molecule has 1 aromatic heterocycles. The van der Waals surface area contributed by atoms with Gasteiger partial charge in [0, 0.05) is 18.4 Å². The number of thiazole rings is 1. The second-order valence-electron chi connectivity index (χ2n) is 6.55. The maximum absolute atomic E-state index is 12.5. The van der Waals surface area contributed by atoms with Crippen LogP contribution in [0.15, 0.2) is 42.5 Å². The molecular weight excluding hydrogens is 406 g/mol. The standard InChI is InChI=1S/C21H17N3O5S/c1-2-29-20(28)13-5-8-15-16(11-13)30-21(22-15)23-19(27)12-3-6-14(7-4-12)24-17(25)9-10-18(24)26/h3-8,11H,2,9-10H2,1H3,(H,22,23,27). The van der Waals surface area contributed by atoms with Crippen LogP contribution in [0.3, 0.4) is 0 Å².